The molecule has 3 rings (SSSR count). The Hall–Kier alpha value is -2.16. The molecule has 2 aromatic carbocycles. The van der Waals surface area contributed by atoms with Crippen LogP contribution in [0.15, 0.2) is 53.5 Å². The van der Waals surface area contributed by atoms with Crippen LogP contribution in [0.1, 0.15) is 18.9 Å². The van der Waals surface area contributed by atoms with E-state index in [1.165, 1.54) is 5.69 Å². The summed E-state index contributed by atoms with van der Waals surface area (Å²) in [6.45, 7) is 5.64. The molecule has 0 bridgehead atoms. The number of hydrogen-bond donors (Lipinski definition) is 2. The summed E-state index contributed by atoms with van der Waals surface area (Å²) in [6, 6.07) is 16.8. The van der Waals surface area contributed by atoms with Crippen LogP contribution in [0.2, 0.25) is 0 Å². The van der Waals surface area contributed by atoms with Gasteiger partial charge in [0.25, 0.3) is 0 Å². The number of halogens is 1. The lowest BCUT2D eigenvalue weighted by atomic mass is 10.1. The van der Waals surface area contributed by atoms with Gasteiger partial charge < -0.3 is 25.0 Å². The van der Waals surface area contributed by atoms with Crippen molar-refractivity contribution in [1.29, 1.82) is 0 Å². The molecule has 2 aromatic rings. The van der Waals surface area contributed by atoms with Gasteiger partial charge in [-0.25, -0.2) is 0 Å². The van der Waals surface area contributed by atoms with Crippen molar-refractivity contribution in [2.75, 3.05) is 45.3 Å². The van der Waals surface area contributed by atoms with Crippen LogP contribution >= 0.6 is 24.0 Å². The number of anilines is 1. The highest BCUT2D eigenvalue weighted by Gasteiger charge is 2.23. The second-order valence-electron chi connectivity index (χ2n) is 7.10. The monoisotopic (exact) mass is 524 g/mol. The Balaban J connectivity index is 0.00000320. The van der Waals surface area contributed by atoms with Crippen molar-refractivity contribution in [2.45, 2.75) is 25.8 Å². The number of nitrogens with zero attached hydrogens (tertiary/aromatic N) is 2. The van der Waals surface area contributed by atoms with E-state index in [2.05, 4.69) is 52.8 Å². The minimum atomic E-state index is 0. The Bertz CT molecular complexity index is 801. The summed E-state index contributed by atoms with van der Waals surface area (Å²) in [5.74, 6) is 2.57. The highest BCUT2D eigenvalue weighted by atomic mass is 127. The zero-order valence-electron chi connectivity index (χ0n) is 18.1. The lowest BCUT2D eigenvalue weighted by Gasteiger charge is -2.20. The standard InChI is InChI=1S/C23H32N4O2.HI/c1-4-24-23(25-14-12-18-16-21(28-2)10-11-22(18)29-3)26-19-13-15-27(17-19)20-8-6-5-7-9-20;/h5-11,16,19H,4,12-15,17H2,1-3H3,(H2,24,25,26);1H. The Labute approximate surface area is 197 Å². The van der Waals surface area contributed by atoms with Gasteiger partial charge in [-0.05, 0) is 55.7 Å². The van der Waals surface area contributed by atoms with E-state index in [0.29, 0.717) is 12.6 Å². The smallest absolute Gasteiger partial charge is 0.191 e. The minimum absolute atomic E-state index is 0. The molecule has 0 aromatic heterocycles. The number of aliphatic imine (C=N–C) groups is 1. The Kier molecular flexibility index (Phi) is 10.1. The molecular weight excluding hydrogens is 491 g/mol. The molecule has 0 amide bonds. The van der Waals surface area contributed by atoms with E-state index in [1.54, 1.807) is 14.2 Å². The van der Waals surface area contributed by atoms with E-state index in [1.807, 2.05) is 18.2 Å². The third-order valence-electron chi connectivity index (χ3n) is 5.13. The summed E-state index contributed by atoms with van der Waals surface area (Å²) in [5, 5.41) is 6.96. The van der Waals surface area contributed by atoms with Crippen molar-refractivity contribution in [1.82, 2.24) is 10.6 Å². The third kappa shape index (κ3) is 6.68. The Morgan fingerprint density at radius 2 is 1.93 bits per heavy atom. The van der Waals surface area contributed by atoms with Gasteiger partial charge in [0.15, 0.2) is 5.96 Å². The minimum Gasteiger partial charge on any atom is -0.497 e. The maximum atomic E-state index is 5.47. The summed E-state index contributed by atoms with van der Waals surface area (Å²) in [7, 11) is 3.37. The zero-order valence-corrected chi connectivity index (χ0v) is 20.4. The topological polar surface area (TPSA) is 58.1 Å². The molecule has 1 unspecified atom stereocenters. The quantitative estimate of drug-likeness (QED) is 0.314. The lowest BCUT2D eigenvalue weighted by molar-refractivity contribution is 0.399. The fourth-order valence-electron chi connectivity index (χ4n) is 3.63. The first-order valence-corrected chi connectivity index (χ1v) is 10.3. The molecule has 1 aliphatic rings. The predicted molar refractivity (Wildman–Crippen MR) is 135 cm³/mol. The van der Waals surface area contributed by atoms with Crippen LogP contribution in [-0.4, -0.2) is 52.4 Å². The summed E-state index contributed by atoms with van der Waals surface area (Å²) in [5.41, 5.74) is 2.38. The molecule has 1 heterocycles. The maximum absolute atomic E-state index is 5.47. The molecule has 164 valence electrons. The largest absolute Gasteiger partial charge is 0.497 e. The number of rotatable bonds is 8. The van der Waals surface area contributed by atoms with Gasteiger partial charge >= 0.3 is 0 Å². The molecule has 2 N–H and O–H groups in total. The van der Waals surface area contributed by atoms with Crippen molar-refractivity contribution in [3.05, 3.63) is 54.1 Å². The molecule has 1 aliphatic heterocycles. The summed E-state index contributed by atoms with van der Waals surface area (Å²) >= 11 is 0. The van der Waals surface area contributed by atoms with Crippen LogP contribution in [0.4, 0.5) is 5.69 Å². The number of guanidine groups is 1. The number of para-hydroxylation sites is 1. The van der Waals surface area contributed by atoms with E-state index in [4.69, 9.17) is 14.5 Å². The van der Waals surface area contributed by atoms with Gasteiger partial charge in [-0.15, -0.1) is 24.0 Å². The summed E-state index contributed by atoms with van der Waals surface area (Å²) < 4.78 is 10.8. The first kappa shape index (κ1) is 24.1. The first-order valence-electron chi connectivity index (χ1n) is 10.3. The van der Waals surface area contributed by atoms with Crippen LogP contribution in [0, 0.1) is 0 Å². The van der Waals surface area contributed by atoms with Crippen LogP contribution in [0.25, 0.3) is 0 Å². The molecule has 1 atom stereocenters. The average Bonchev–Trinajstić information content (AvgIpc) is 3.23. The second kappa shape index (κ2) is 12.5. The molecule has 0 spiro atoms. The van der Waals surface area contributed by atoms with Crippen LogP contribution < -0.4 is 25.0 Å². The zero-order chi connectivity index (χ0) is 20.5. The molecule has 30 heavy (non-hydrogen) atoms. The summed E-state index contributed by atoms with van der Waals surface area (Å²) in [4.78, 5) is 7.20. The lowest BCUT2D eigenvalue weighted by Crippen LogP contribution is -2.44. The molecule has 0 aliphatic carbocycles. The molecule has 1 saturated heterocycles. The SMILES string of the molecule is CCNC(=NCCc1cc(OC)ccc1OC)NC1CCN(c2ccccc2)C1.I. The highest BCUT2D eigenvalue weighted by molar-refractivity contribution is 14.0. The molecule has 7 heteroatoms. The average molecular weight is 524 g/mol. The molecular formula is C23H33IN4O2. The maximum Gasteiger partial charge on any atom is 0.191 e. The fourth-order valence-corrected chi connectivity index (χ4v) is 3.63. The van der Waals surface area contributed by atoms with E-state index in [0.717, 1.165) is 55.5 Å². The second-order valence-corrected chi connectivity index (χ2v) is 7.10. The molecule has 6 nitrogen and oxygen atoms in total. The normalized spacial score (nSPS) is 16.0. The van der Waals surface area contributed by atoms with Gasteiger partial charge in [0, 0.05) is 37.9 Å². The fraction of sp³-hybridized carbons (Fsp3) is 0.435. The van der Waals surface area contributed by atoms with E-state index >= 15 is 0 Å². The Morgan fingerprint density at radius 1 is 1.13 bits per heavy atom. The van der Waals surface area contributed by atoms with Gasteiger partial charge in [0.2, 0.25) is 0 Å². The molecule has 0 saturated carbocycles. The van der Waals surface area contributed by atoms with Crippen molar-refractivity contribution in [3.63, 3.8) is 0 Å². The van der Waals surface area contributed by atoms with Crippen LogP contribution in [0.5, 0.6) is 11.5 Å². The number of ether oxygens (including phenoxy) is 2. The first-order chi connectivity index (χ1) is 14.2. The third-order valence-corrected chi connectivity index (χ3v) is 5.13. The number of nitrogens with one attached hydrogen (secondary N) is 2. The summed E-state index contributed by atoms with van der Waals surface area (Å²) in [6.07, 6.45) is 1.89. The van der Waals surface area contributed by atoms with Gasteiger partial charge in [-0.3, -0.25) is 4.99 Å². The van der Waals surface area contributed by atoms with Gasteiger partial charge in [0.1, 0.15) is 11.5 Å². The van der Waals surface area contributed by atoms with Crippen molar-refractivity contribution < 1.29 is 9.47 Å². The number of methoxy groups -OCH3 is 2. The number of benzene rings is 2. The van der Waals surface area contributed by atoms with Gasteiger partial charge in [0.05, 0.1) is 14.2 Å². The molecule has 1 fully saturated rings. The van der Waals surface area contributed by atoms with Crippen LogP contribution in [0.3, 0.4) is 0 Å². The van der Waals surface area contributed by atoms with Gasteiger partial charge in [-0.2, -0.15) is 0 Å². The predicted octanol–water partition coefficient (Wildman–Crippen LogP) is 3.70. The number of hydrogen-bond acceptors (Lipinski definition) is 4. The highest BCUT2D eigenvalue weighted by Crippen LogP contribution is 2.24. The van der Waals surface area contributed by atoms with E-state index in [-0.39, 0.29) is 24.0 Å². The molecule has 0 radical (unpaired) electrons. The van der Waals surface area contributed by atoms with E-state index in [9.17, 15) is 0 Å². The van der Waals surface area contributed by atoms with Crippen molar-refractivity contribution in [2.24, 2.45) is 4.99 Å². The van der Waals surface area contributed by atoms with Crippen LogP contribution in [-0.2, 0) is 6.42 Å². The van der Waals surface area contributed by atoms with Gasteiger partial charge in [-0.1, -0.05) is 18.2 Å². The van der Waals surface area contributed by atoms with Crippen molar-refractivity contribution in [3.8, 4) is 11.5 Å². The Morgan fingerprint density at radius 3 is 2.63 bits per heavy atom. The van der Waals surface area contributed by atoms with Crippen molar-refractivity contribution >= 4 is 35.6 Å². The van der Waals surface area contributed by atoms with E-state index < -0.39 is 0 Å².